The fraction of sp³-hybridized carbons (Fsp3) is 0.667. The van der Waals surface area contributed by atoms with E-state index in [1.165, 1.54) is 0 Å². The van der Waals surface area contributed by atoms with Gasteiger partial charge in [-0.1, -0.05) is 6.08 Å². The predicted molar refractivity (Wildman–Crippen MR) is 31.5 cm³/mol. The molecule has 2 atom stereocenters. The van der Waals surface area contributed by atoms with Crippen molar-refractivity contribution in [2.75, 3.05) is 13.1 Å². The highest BCUT2D eigenvalue weighted by molar-refractivity contribution is 4.92. The minimum atomic E-state index is -0.701. The van der Waals surface area contributed by atoms with Gasteiger partial charge in [0.2, 0.25) is 0 Å². The highest BCUT2D eigenvalue weighted by Crippen LogP contribution is 2.12. The van der Waals surface area contributed by atoms with Crippen LogP contribution < -0.4 is 5.32 Å². The number of hydrogen-bond acceptors (Lipinski definition) is 1. The van der Waals surface area contributed by atoms with Crippen molar-refractivity contribution in [3.63, 3.8) is 0 Å². The fourth-order valence-electron chi connectivity index (χ4n) is 0.898. The largest absolute Gasteiger partial charge is 0.313 e. The molecule has 0 aromatic heterocycles. The lowest BCUT2D eigenvalue weighted by Crippen LogP contribution is -2.09. The van der Waals surface area contributed by atoms with Gasteiger partial charge in [0.1, 0.15) is 6.17 Å². The summed E-state index contributed by atoms with van der Waals surface area (Å²) in [5, 5.41) is 2.93. The van der Waals surface area contributed by atoms with Crippen molar-refractivity contribution in [1.82, 2.24) is 5.32 Å². The Hall–Kier alpha value is -0.370. The van der Waals surface area contributed by atoms with Gasteiger partial charge in [-0.15, -0.1) is 6.58 Å². The highest BCUT2D eigenvalue weighted by Gasteiger charge is 2.22. The normalized spacial score (nSPS) is 37.6. The Labute approximate surface area is 48.6 Å². The number of halogens is 1. The van der Waals surface area contributed by atoms with Crippen LogP contribution in [0.25, 0.3) is 0 Å². The molecular formula is C6H10FN. The lowest BCUT2D eigenvalue weighted by Gasteiger charge is -2.01. The molecule has 1 nitrogen and oxygen atoms in total. The highest BCUT2D eigenvalue weighted by atomic mass is 19.1. The SMILES string of the molecule is C=C[C@@H]1CNC[C@@H]1F. The van der Waals surface area contributed by atoms with Gasteiger partial charge in [-0.05, 0) is 0 Å². The van der Waals surface area contributed by atoms with Crippen LogP contribution in [0.5, 0.6) is 0 Å². The van der Waals surface area contributed by atoms with Crippen molar-refractivity contribution < 1.29 is 4.39 Å². The molecule has 0 spiro atoms. The second-order valence-corrected chi connectivity index (χ2v) is 2.07. The first kappa shape index (κ1) is 5.76. The van der Waals surface area contributed by atoms with E-state index >= 15 is 0 Å². The molecule has 46 valence electrons. The van der Waals surface area contributed by atoms with Crippen molar-refractivity contribution in [2.24, 2.45) is 5.92 Å². The zero-order valence-corrected chi connectivity index (χ0v) is 4.73. The molecule has 0 radical (unpaired) electrons. The lowest BCUT2D eigenvalue weighted by atomic mass is 10.1. The van der Waals surface area contributed by atoms with E-state index in [1.54, 1.807) is 6.08 Å². The molecule has 1 rings (SSSR count). The van der Waals surface area contributed by atoms with E-state index in [1.807, 2.05) is 0 Å². The zero-order valence-electron chi connectivity index (χ0n) is 4.73. The van der Waals surface area contributed by atoms with Crippen LogP contribution in [0.2, 0.25) is 0 Å². The molecule has 0 saturated carbocycles. The smallest absolute Gasteiger partial charge is 0.120 e. The third-order valence-electron chi connectivity index (χ3n) is 1.49. The van der Waals surface area contributed by atoms with Crippen molar-refractivity contribution in [3.8, 4) is 0 Å². The van der Waals surface area contributed by atoms with Gasteiger partial charge < -0.3 is 5.32 Å². The van der Waals surface area contributed by atoms with Gasteiger partial charge in [0, 0.05) is 19.0 Å². The third kappa shape index (κ3) is 0.892. The van der Waals surface area contributed by atoms with Gasteiger partial charge in [-0.3, -0.25) is 0 Å². The first-order valence-electron chi connectivity index (χ1n) is 2.82. The molecule has 0 amide bonds. The molecule has 0 aromatic carbocycles. The van der Waals surface area contributed by atoms with Crippen LogP contribution in [0, 0.1) is 5.92 Å². The summed E-state index contributed by atoms with van der Waals surface area (Å²) in [5.41, 5.74) is 0. The summed E-state index contributed by atoms with van der Waals surface area (Å²) in [5.74, 6) is 0.0509. The van der Waals surface area contributed by atoms with Gasteiger partial charge in [0.05, 0.1) is 0 Å². The number of nitrogens with one attached hydrogen (secondary N) is 1. The van der Waals surface area contributed by atoms with Gasteiger partial charge in [0.25, 0.3) is 0 Å². The van der Waals surface area contributed by atoms with E-state index in [0.29, 0.717) is 6.54 Å². The summed E-state index contributed by atoms with van der Waals surface area (Å²) in [6.07, 6.45) is 0.970. The molecule has 1 aliphatic rings. The second-order valence-electron chi connectivity index (χ2n) is 2.07. The van der Waals surface area contributed by atoms with Crippen LogP contribution in [-0.2, 0) is 0 Å². The minimum absolute atomic E-state index is 0.0509. The molecule has 1 fully saturated rings. The molecule has 0 bridgehead atoms. The topological polar surface area (TPSA) is 12.0 Å². The van der Waals surface area contributed by atoms with E-state index < -0.39 is 6.17 Å². The Morgan fingerprint density at radius 3 is 2.62 bits per heavy atom. The van der Waals surface area contributed by atoms with E-state index in [9.17, 15) is 4.39 Å². The third-order valence-corrected chi connectivity index (χ3v) is 1.49. The molecule has 1 N–H and O–H groups in total. The standard InChI is InChI=1S/C6H10FN/c1-2-5-3-8-4-6(5)7/h2,5-6,8H,1,3-4H2/t5-,6+/m1/s1. The summed E-state index contributed by atoms with van der Waals surface area (Å²) in [7, 11) is 0. The molecule has 1 heterocycles. The van der Waals surface area contributed by atoms with Crippen molar-refractivity contribution in [3.05, 3.63) is 12.7 Å². The van der Waals surface area contributed by atoms with E-state index in [4.69, 9.17) is 0 Å². The van der Waals surface area contributed by atoms with Crippen LogP contribution in [-0.4, -0.2) is 19.3 Å². The van der Waals surface area contributed by atoms with Crippen molar-refractivity contribution >= 4 is 0 Å². The monoisotopic (exact) mass is 115 g/mol. The summed E-state index contributed by atoms with van der Waals surface area (Å²) in [4.78, 5) is 0. The fourth-order valence-corrected chi connectivity index (χ4v) is 0.898. The second kappa shape index (κ2) is 2.27. The van der Waals surface area contributed by atoms with E-state index in [-0.39, 0.29) is 5.92 Å². The van der Waals surface area contributed by atoms with Crippen molar-refractivity contribution in [1.29, 1.82) is 0 Å². The molecule has 0 aromatic rings. The molecule has 1 saturated heterocycles. The van der Waals surface area contributed by atoms with Gasteiger partial charge in [-0.25, -0.2) is 4.39 Å². The Balaban J connectivity index is 2.41. The molecule has 8 heavy (non-hydrogen) atoms. The van der Waals surface area contributed by atoms with Gasteiger partial charge >= 0.3 is 0 Å². The maximum Gasteiger partial charge on any atom is 0.120 e. The molecule has 1 aliphatic heterocycles. The number of hydrogen-bond donors (Lipinski definition) is 1. The van der Waals surface area contributed by atoms with Crippen LogP contribution in [0.3, 0.4) is 0 Å². The van der Waals surface area contributed by atoms with E-state index in [0.717, 1.165) is 6.54 Å². The minimum Gasteiger partial charge on any atom is -0.313 e. The Morgan fingerprint density at radius 1 is 1.62 bits per heavy atom. The Bertz CT molecular complexity index is 92.5. The first-order valence-corrected chi connectivity index (χ1v) is 2.82. The predicted octanol–water partition coefficient (Wildman–Crippen LogP) is 0.730. The Morgan fingerprint density at radius 2 is 2.38 bits per heavy atom. The summed E-state index contributed by atoms with van der Waals surface area (Å²) in [6, 6.07) is 0. The Kier molecular flexibility index (Phi) is 1.63. The molecule has 2 heteroatoms. The van der Waals surface area contributed by atoms with Crippen molar-refractivity contribution in [2.45, 2.75) is 6.17 Å². The van der Waals surface area contributed by atoms with Gasteiger partial charge in [-0.2, -0.15) is 0 Å². The quantitative estimate of drug-likeness (QED) is 0.497. The number of alkyl halides is 1. The maximum absolute atomic E-state index is 12.5. The lowest BCUT2D eigenvalue weighted by molar-refractivity contribution is 0.318. The summed E-state index contributed by atoms with van der Waals surface area (Å²) >= 11 is 0. The molecule has 0 aliphatic carbocycles. The molecule has 0 unspecified atom stereocenters. The van der Waals surface area contributed by atoms with Crippen LogP contribution in [0.1, 0.15) is 0 Å². The summed E-state index contributed by atoms with van der Waals surface area (Å²) in [6.45, 7) is 4.76. The van der Waals surface area contributed by atoms with E-state index in [2.05, 4.69) is 11.9 Å². The molecular weight excluding hydrogens is 105 g/mol. The van der Waals surface area contributed by atoms with Crippen LogP contribution >= 0.6 is 0 Å². The average Bonchev–Trinajstić information content (AvgIpc) is 2.14. The average molecular weight is 115 g/mol. The number of rotatable bonds is 1. The zero-order chi connectivity index (χ0) is 5.98. The van der Waals surface area contributed by atoms with Crippen LogP contribution in [0.15, 0.2) is 12.7 Å². The summed E-state index contributed by atoms with van der Waals surface area (Å²) < 4.78 is 12.5. The maximum atomic E-state index is 12.5. The first-order chi connectivity index (χ1) is 3.84. The van der Waals surface area contributed by atoms with Crippen LogP contribution in [0.4, 0.5) is 4.39 Å². The van der Waals surface area contributed by atoms with Gasteiger partial charge in [0.15, 0.2) is 0 Å².